The second kappa shape index (κ2) is 6.33. The van der Waals surface area contributed by atoms with Crippen LogP contribution in [-0.2, 0) is 0 Å². The monoisotopic (exact) mass is 486 g/mol. The molecule has 0 aromatic carbocycles. The smallest absolute Gasteiger partial charge is 0.111 e. The zero-order chi connectivity index (χ0) is 11.6. The fourth-order valence-electron chi connectivity index (χ4n) is 0.911. The van der Waals surface area contributed by atoms with Gasteiger partial charge in [-0.3, -0.25) is 0 Å². The van der Waals surface area contributed by atoms with E-state index in [4.69, 9.17) is 0 Å². The Balaban J connectivity index is 4.18. The molecule has 6 heteroatoms. The second-order valence-corrected chi connectivity index (χ2v) is 34.1. The fraction of sp³-hybridized carbons (Fsp3) is 1.00. The number of halogens is 4. The molecular weight excluding hydrogens is 472 g/mol. The number of rotatable bonds is 5. The number of hydrogen-bond donors (Lipinski definition) is 0. The molecule has 0 spiro atoms. The molecule has 0 aromatic heterocycles. The Bertz CT molecular complexity index is 160. The fourth-order valence-corrected chi connectivity index (χ4v) is 11.9. The lowest BCUT2D eigenvalue weighted by molar-refractivity contribution is 1.02. The predicted octanol–water partition coefficient (Wildman–Crippen LogP) is 6.27. The Kier molecular flexibility index (Phi) is 7.39. The summed E-state index contributed by atoms with van der Waals surface area (Å²) < 4.78 is 0. The van der Waals surface area contributed by atoms with Crippen LogP contribution in [-0.4, -0.2) is 10.6 Å². The van der Waals surface area contributed by atoms with Gasteiger partial charge in [-0.2, -0.15) is 0 Å². The summed E-state index contributed by atoms with van der Waals surface area (Å²) in [6, 6.07) is 2.57. The summed E-state index contributed by atoms with van der Waals surface area (Å²) in [5, 5.41) is -2.67. The van der Waals surface area contributed by atoms with Gasteiger partial charge in [0.1, 0.15) is 0 Å². The maximum absolute atomic E-state index is 3.88. The molecule has 0 aromatic rings. The Labute approximate surface area is 121 Å². The van der Waals surface area contributed by atoms with Crippen molar-refractivity contribution in [1.29, 1.82) is 0 Å². The van der Waals surface area contributed by atoms with Crippen LogP contribution in [0.25, 0.3) is 0 Å². The van der Waals surface area contributed by atoms with E-state index in [9.17, 15) is 0 Å². The van der Waals surface area contributed by atoms with Gasteiger partial charge in [0.05, 0.1) is 0 Å². The first kappa shape index (κ1) is 16.4. The van der Waals surface area contributed by atoms with Crippen LogP contribution in [0.3, 0.4) is 0 Å². The Morgan fingerprint density at radius 3 is 1.07 bits per heavy atom. The predicted molar refractivity (Wildman–Crippen MR) is 87.0 cm³/mol. The van der Waals surface area contributed by atoms with E-state index in [2.05, 4.69) is 88.9 Å². The molecule has 0 aliphatic carbocycles. The van der Waals surface area contributed by atoms with E-state index < -0.39 is 10.6 Å². The molecule has 0 N–H and O–H groups in total. The number of hydrogen-bond acceptors (Lipinski definition) is 0. The first-order valence-electron chi connectivity index (χ1n) is 4.85. The minimum absolute atomic E-state index is 0.736. The van der Waals surface area contributed by atoms with E-state index in [1.807, 2.05) is 0 Å². The molecule has 0 aliphatic heterocycles. The van der Waals surface area contributed by atoms with Crippen LogP contribution in [0.5, 0.6) is 0 Å². The summed E-state index contributed by atoms with van der Waals surface area (Å²) in [7, 11) is 0. The highest BCUT2D eigenvalue weighted by atomic mass is 79.9. The quantitative estimate of drug-likeness (QED) is 0.315. The van der Waals surface area contributed by atoms with E-state index in [1.165, 1.54) is 12.1 Å². The normalized spacial score (nSPS) is 14.1. The average Bonchev–Trinajstić information content (AvgIpc) is 2.01. The first-order chi connectivity index (χ1) is 6.09. The topological polar surface area (TPSA) is 0 Å². The highest BCUT2D eigenvalue weighted by molar-refractivity contribution is 9.51. The van der Waals surface area contributed by atoms with Gasteiger partial charge in [-0.25, -0.2) is 0 Å². The highest BCUT2D eigenvalue weighted by Gasteiger charge is 2.37. The second-order valence-electron chi connectivity index (χ2n) is 4.33. The van der Waals surface area contributed by atoms with Crippen LogP contribution in [0.15, 0.2) is 0 Å². The van der Waals surface area contributed by atoms with Crippen LogP contribution < -0.4 is 0 Å². The van der Waals surface area contributed by atoms with Gasteiger partial charge in [-0.05, 0) is 23.2 Å². The average molecular weight is 490 g/mol. The third kappa shape index (κ3) is 5.61. The van der Waals surface area contributed by atoms with E-state index in [-0.39, 0.29) is 0 Å². The molecule has 0 radical (unpaired) electrons. The molecule has 0 saturated carbocycles. The van der Waals surface area contributed by atoms with E-state index in [0.29, 0.717) is 0 Å². The lowest BCUT2D eigenvalue weighted by atomic mass is 10.6. The molecule has 0 heterocycles. The molecule has 0 unspecified atom stereocenters. The third-order valence-corrected chi connectivity index (χ3v) is 23.9. The van der Waals surface area contributed by atoms with Crippen LogP contribution in [0.4, 0.5) is 0 Å². The van der Waals surface area contributed by atoms with Gasteiger partial charge in [-0.1, -0.05) is 27.7 Å². The van der Waals surface area contributed by atoms with Crippen molar-refractivity contribution in [2.24, 2.45) is 0 Å². The molecule has 0 aliphatic rings. The first-order valence-corrected chi connectivity index (χ1v) is 18.4. The van der Waals surface area contributed by atoms with Crippen molar-refractivity contribution in [2.75, 3.05) is 0 Å². The van der Waals surface area contributed by atoms with Crippen LogP contribution in [0.1, 0.15) is 27.7 Å². The molecular formula is C8H18Br4Si2. The van der Waals surface area contributed by atoms with Crippen molar-refractivity contribution < 1.29 is 0 Å². The minimum Gasteiger partial charge on any atom is -0.111 e. The van der Waals surface area contributed by atoms with Gasteiger partial charge in [0.2, 0.25) is 10.6 Å². The van der Waals surface area contributed by atoms with Crippen molar-refractivity contribution in [2.45, 2.75) is 50.9 Å². The standard InChI is InChI=1S/C8H18Br4Si2/c1-7(2)13(9,10)5-6-14(11,12)8(3)4/h7-8H,5-6H2,1-4H3. The lowest BCUT2D eigenvalue weighted by Gasteiger charge is -2.27. The molecule has 0 amide bonds. The van der Waals surface area contributed by atoms with E-state index >= 15 is 0 Å². The Morgan fingerprint density at radius 2 is 0.929 bits per heavy atom. The Hall–Kier alpha value is 2.35. The Morgan fingerprint density at radius 1 is 0.714 bits per heavy atom. The molecule has 0 bridgehead atoms. The van der Waals surface area contributed by atoms with Gasteiger partial charge >= 0.3 is 0 Å². The van der Waals surface area contributed by atoms with Crippen molar-refractivity contribution in [3.05, 3.63) is 0 Å². The summed E-state index contributed by atoms with van der Waals surface area (Å²) in [5.41, 5.74) is 1.47. The lowest BCUT2D eigenvalue weighted by Crippen LogP contribution is -2.28. The summed E-state index contributed by atoms with van der Waals surface area (Å²) >= 11 is 15.5. The van der Waals surface area contributed by atoms with Gasteiger partial charge in [0, 0.05) is 0 Å². The molecule has 0 saturated heterocycles. The summed E-state index contributed by atoms with van der Waals surface area (Å²) in [4.78, 5) is 0. The zero-order valence-electron chi connectivity index (χ0n) is 9.08. The van der Waals surface area contributed by atoms with Gasteiger partial charge in [-0.15, -0.1) is 61.2 Å². The van der Waals surface area contributed by atoms with Crippen molar-refractivity contribution in [1.82, 2.24) is 0 Å². The third-order valence-electron chi connectivity index (χ3n) is 2.48. The molecule has 14 heavy (non-hydrogen) atoms. The van der Waals surface area contributed by atoms with Crippen molar-refractivity contribution in [3.63, 3.8) is 0 Å². The van der Waals surface area contributed by atoms with E-state index in [1.54, 1.807) is 0 Å². The molecule has 0 fully saturated rings. The summed E-state index contributed by atoms with van der Waals surface area (Å²) in [6.45, 7) is 9.15. The molecule has 0 nitrogen and oxygen atoms in total. The maximum atomic E-state index is 3.88. The van der Waals surface area contributed by atoms with Gasteiger partial charge in [0.25, 0.3) is 0 Å². The van der Waals surface area contributed by atoms with Crippen molar-refractivity contribution >= 4 is 71.8 Å². The maximum Gasteiger partial charge on any atom is 0.203 e. The summed E-state index contributed by atoms with van der Waals surface area (Å²) in [5.74, 6) is 0. The zero-order valence-corrected chi connectivity index (χ0v) is 17.4. The minimum atomic E-state index is -1.34. The molecule has 0 atom stereocenters. The summed E-state index contributed by atoms with van der Waals surface area (Å²) in [6.07, 6.45) is 0. The van der Waals surface area contributed by atoms with Gasteiger partial charge < -0.3 is 0 Å². The van der Waals surface area contributed by atoms with Gasteiger partial charge in [0.15, 0.2) is 0 Å². The van der Waals surface area contributed by atoms with Crippen LogP contribution in [0, 0.1) is 0 Å². The highest BCUT2D eigenvalue weighted by Crippen LogP contribution is 2.45. The van der Waals surface area contributed by atoms with Crippen LogP contribution in [0.2, 0.25) is 23.2 Å². The SMILES string of the molecule is CC(C)[Si](Br)(Br)CC[Si](Br)(Br)C(C)C. The van der Waals surface area contributed by atoms with E-state index in [0.717, 1.165) is 11.1 Å². The van der Waals surface area contributed by atoms with Crippen LogP contribution >= 0.6 is 61.2 Å². The van der Waals surface area contributed by atoms with Crippen molar-refractivity contribution in [3.8, 4) is 0 Å². The molecule has 0 rings (SSSR count). The largest absolute Gasteiger partial charge is 0.203 e. The molecule has 86 valence electrons.